The minimum absolute atomic E-state index is 0.151. The van der Waals surface area contributed by atoms with Crippen molar-refractivity contribution in [2.45, 2.75) is 56.9 Å². The number of nitrogens with zero attached hydrogens (tertiary/aromatic N) is 3. The topological polar surface area (TPSA) is 53.5 Å². The van der Waals surface area contributed by atoms with Crippen LogP contribution < -0.4 is 0 Å². The first-order valence-electron chi connectivity index (χ1n) is 11.7. The Balaban J connectivity index is 1.33. The third-order valence-corrected chi connectivity index (χ3v) is 8.25. The highest BCUT2D eigenvalue weighted by Gasteiger charge is 2.48. The van der Waals surface area contributed by atoms with Gasteiger partial charge in [-0.2, -0.15) is 11.3 Å². The molecule has 5 nitrogen and oxygen atoms in total. The lowest BCUT2D eigenvalue weighted by atomic mass is 9.82. The zero-order valence-electron chi connectivity index (χ0n) is 18.0. The average molecular weight is 438 g/mol. The van der Waals surface area contributed by atoms with Crippen LogP contribution in [0.2, 0.25) is 0 Å². The molecule has 2 saturated heterocycles. The molecule has 0 aromatic carbocycles. The summed E-state index contributed by atoms with van der Waals surface area (Å²) in [4.78, 5) is 35.0. The molecular weight excluding hydrogens is 406 g/mol. The van der Waals surface area contributed by atoms with Crippen LogP contribution in [0.25, 0.3) is 0 Å². The van der Waals surface area contributed by atoms with Crippen LogP contribution in [0.1, 0.15) is 55.7 Å². The molecule has 31 heavy (non-hydrogen) atoms. The number of thiophene rings is 1. The first-order chi connectivity index (χ1) is 15.2. The van der Waals surface area contributed by atoms with Crippen LogP contribution in [0.3, 0.4) is 0 Å². The Hall–Kier alpha value is -2.21. The molecule has 0 unspecified atom stereocenters. The van der Waals surface area contributed by atoms with E-state index in [1.54, 1.807) is 17.5 Å². The third-order valence-electron chi connectivity index (χ3n) is 7.55. The van der Waals surface area contributed by atoms with Gasteiger partial charge in [0.25, 0.3) is 0 Å². The zero-order chi connectivity index (χ0) is 21.2. The highest BCUT2D eigenvalue weighted by molar-refractivity contribution is 7.08. The number of piperidine rings is 1. The largest absolute Gasteiger partial charge is 0.342 e. The Kier molecular flexibility index (Phi) is 6.08. The summed E-state index contributed by atoms with van der Waals surface area (Å²) in [6, 6.07) is 8.19. The Morgan fingerprint density at radius 2 is 1.94 bits per heavy atom. The Bertz CT molecular complexity index is 895. The molecule has 1 aliphatic carbocycles. The number of fused-ring (bicyclic) bond motifs is 1. The molecule has 1 saturated carbocycles. The van der Waals surface area contributed by atoms with Crippen molar-refractivity contribution in [3.05, 3.63) is 52.5 Å². The molecule has 3 atom stereocenters. The minimum Gasteiger partial charge on any atom is -0.342 e. The van der Waals surface area contributed by atoms with E-state index in [-0.39, 0.29) is 17.9 Å². The molecule has 5 rings (SSSR count). The number of hydrogen-bond acceptors (Lipinski definition) is 4. The van der Waals surface area contributed by atoms with Gasteiger partial charge in [0.15, 0.2) is 0 Å². The van der Waals surface area contributed by atoms with Crippen molar-refractivity contribution in [2.24, 2.45) is 11.8 Å². The number of rotatable bonds is 4. The summed E-state index contributed by atoms with van der Waals surface area (Å²) in [7, 11) is 0. The second-order valence-corrected chi connectivity index (χ2v) is 10.1. The lowest BCUT2D eigenvalue weighted by Gasteiger charge is -2.40. The van der Waals surface area contributed by atoms with Crippen LogP contribution in [0, 0.1) is 11.8 Å². The van der Waals surface area contributed by atoms with Gasteiger partial charge in [0, 0.05) is 55.3 Å². The normalized spacial score (nSPS) is 26.6. The predicted molar refractivity (Wildman–Crippen MR) is 122 cm³/mol. The summed E-state index contributed by atoms with van der Waals surface area (Å²) in [5, 5.41) is 4.35. The SMILES string of the molecule is O=C(Cc1ccccn1)N1CC[C@@H]2[C@H](C1)[C@@H](c1ccsc1)CN2C(=O)C1CCCCC1. The van der Waals surface area contributed by atoms with Crippen LogP contribution in [-0.4, -0.2) is 52.3 Å². The molecule has 6 heteroatoms. The second kappa shape index (κ2) is 9.11. The molecule has 164 valence electrons. The molecule has 3 fully saturated rings. The van der Waals surface area contributed by atoms with Crippen molar-refractivity contribution in [1.29, 1.82) is 0 Å². The summed E-state index contributed by atoms with van der Waals surface area (Å²) in [5.41, 5.74) is 2.16. The van der Waals surface area contributed by atoms with Crippen molar-refractivity contribution in [2.75, 3.05) is 19.6 Å². The molecule has 0 N–H and O–H groups in total. The van der Waals surface area contributed by atoms with E-state index in [4.69, 9.17) is 0 Å². The monoisotopic (exact) mass is 437 g/mol. The first kappa shape index (κ1) is 20.7. The van der Waals surface area contributed by atoms with Gasteiger partial charge in [-0.05, 0) is 53.8 Å². The molecule has 2 aliphatic heterocycles. The van der Waals surface area contributed by atoms with Gasteiger partial charge < -0.3 is 9.80 Å². The van der Waals surface area contributed by atoms with Crippen LogP contribution in [0.15, 0.2) is 41.2 Å². The van der Waals surface area contributed by atoms with Gasteiger partial charge in [-0.25, -0.2) is 0 Å². The number of aromatic nitrogens is 1. The van der Waals surface area contributed by atoms with Gasteiger partial charge in [0.2, 0.25) is 11.8 Å². The highest BCUT2D eigenvalue weighted by atomic mass is 32.1. The van der Waals surface area contributed by atoms with Crippen LogP contribution in [0.5, 0.6) is 0 Å². The molecule has 3 aliphatic rings. The number of carbonyl (C=O) groups excluding carboxylic acids is 2. The Morgan fingerprint density at radius 1 is 1.06 bits per heavy atom. The van der Waals surface area contributed by atoms with Gasteiger partial charge in [0.05, 0.1) is 6.42 Å². The molecule has 0 spiro atoms. The maximum Gasteiger partial charge on any atom is 0.228 e. The summed E-state index contributed by atoms with van der Waals surface area (Å²) < 4.78 is 0. The highest BCUT2D eigenvalue weighted by Crippen LogP contribution is 2.43. The Morgan fingerprint density at radius 3 is 2.68 bits per heavy atom. The summed E-state index contributed by atoms with van der Waals surface area (Å²) in [6.07, 6.45) is 8.71. The second-order valence-electron chi connectivity index (χ2n) is 9.35. The maximum absolute atomic E-state index is 13.5. The van der Waals surface area contributed by atoms with Gasteiger partial charge in [-0.3, -0.25) is 14.6 Å². The van der Waals surface area contributed by atoms with Gasteiger partial charge >= 0.3 is 0 Å². The van der Waals surface area contributed by atoms with E-state index < -0.39 is 0 Å². The maximum atomic E-state index is 13.5. The van der Waals surface area contributed by atoms with Gasteiger partial charge in [0.1, 0.15) is 0 Å². The number of hydrogen-bond donors (Lipinski definition) is 0. The molecular formula is C25H31N3O2S. The fourth-order valence-electron chi connectivity index (χ4n) is 5.91. The average Bonchev–Trinajstić information content (AvgIpc) is 3.47. The third kappa shape index (κ3) is 4.27. The molecule has 2 aromatic rings. The van der Waals surface area contributed by atoms with E-state index in [0.29, 0.717) is 24.2 Å². The van der Waals surface area contributed by atoms with Crippen LogP contribution >= 0.6 is 11.3 Å². The smallest absolute Gasteiger partial charge is 0.228 e. The molecule has 2 aromatic heterocycles. The van der Waals surface area contributed by atoms with Crippen molar-refractivity contribution >= 4 is 23.2 Å². The number of likely N-dealkylation sites (tertiary alicyclic amines) is 2. The summed E-state index contributed by atoms with van der Waals surface area (Å²) >= 11 is 1.72. The molecule has 0 radical (unpaired) electrons. The molecule has 4 heterocycles. The number of amides is 2. The van der Waals surface area contributed by atoms with E-state index in [1.165, 1.54) is 24.8 Å². The lowest BCUT2D eigenvalue weighted by molar-refractivity contribution is -0.139. The Labute approximate surface area is 188 Å². The van der Waals surface area contributed by atoms with Crippen molar-refractivity contribution in [3.8, 4) is 0 Å². The number of pyridine rings is 1. The molecule has 2 amide bonds. The standard InChI is InChI=1S/C25H31N3O2S/c29-24(14-20-8-4-5-11-26-20)27-12-9-23-22(15-27)21(19-10-13-31-17-19)16-28(23)25(30)18-6-2-1-3-7-18/h4-5,8,10-11,13,17-18,21-23H,1-3,6-7,9,12,14-16H2/t21-,22-,23-/m1/s1. The van der Waals surface area contributed by atoms with E-state index >= 15 is 0 Å². The van der Waals surface area contributed by atoms with Crippen LogP contribution in [0.4, 0.5) is 0 Å². The first-order valence-corrected chi connectivity index (χ1v) is 12.7. The quantitative estimate of drug-likeness (QED) is 0.723. The van der Waals surface area contributed by atoms with E-state index in [2.05, 4.69) is 26.7 Å². The summed E-state index contributed by atoms with van der Waals surface area (Å²) in [6.45, 7) is 2.28. The van der Waals surface area contributed by atoms with Crippen molar-refractivity contribution < 1.29 is 9.59 Å². The van der Waals surface area contributed by atoms with E-state index in [0.717, 1.165) is 44.6 Å². The van der Waals surface area contributed by atoms with Crippen molar-refractivity contribution in [3.63, 3.8) is 0 Å². The number of carbonyl (C=O) groups is 2. The summed E-state index contributed by atoms with van der Waals surface area (Å²) in [5.74, 6) is 1.39. The lowest BCUT2D eigenvalue weighted by Crippen LogP contribution is -2.51. The fraction of sp³-hybridized carbons (Fsp3) is 0.560. The van der Waals surface area contributed by atoms with E-state index in [9.17, 15) is 9.59 Å². The van der Waals surface area contributed by atoms with Gasteiger partial charge in [-0.1, -0.05) is 25.3 Å². The fourth-order valence-corrected chi connectivity index (χ4v) is 6.63. The zero-order valence-corrected chi connectivity index (χ0v) is 18.8. The van der Waals surface area contributed by atoms with Crippen LogP contribution in [-0.2, 0) is 16.0 Å². The van der Waals surface area contributed by atoms with Gasteiger partial charge in [-0.15, -0.1) is 0 Å². The molecule has 0 bridgehead atoms. The van der Waals surface area contributed by atoms with Crippen molar-refractivity contribution in [1.82, 2.24) is 14.8 Å². The minimum atomic E-state index is 0.151. The van der Waals surface area contributed by atoms with E-state index in [1.807, 2.05) is 23.1 Å². The predicted octanol–water partition coefficient (Wildman–Crippen LogP) is 4.11.